The molecule has 1 aromatic heterocycles. The van der Waals surface area contributed by atoms with Crippen LogP contribution in [0.1, 0.15) is 6.92 Å². The fourth-order valence-electron chi connectivity index (χ4n) is 1.20. The van der Waals surface area contributed by atoms with E-state index in [1.807, 2.05) is 0 Å². The van der Waals surface area contributed by atoms with E-state index in [0.29, 0.717) is 18.4 Å². The zero-order valence-corrected chi connectivity index (χ0v) is 9.93. The van der Waals surface area contributed by atoms with Gasteiger partial charge in [0.15, 0.2) is 0 Å². The van der Waals surface area contributed by atoms with Crippen molar-refractivity contribution in [2.45, 2.75) is 13.0 Å². The zero-order valence-electron chi connectivity index (χ0n) is 9.93. The number of hydrogen-bond donors (Lipinski definition) is 2. The summed E-state index contributed by atoms with van der Waals surface area (Å²) in [7, 11) is 5.00. The number of rotatable bonds is 5. The van der Waals surface area contributed by atoms with E-state index in [0.717, 1.165) is 0 Å². The van der Waals surface area contributed by atoms with Crippen LogP contribution in [0, 0.1) is 0 Å². The molecular weight excluding hydrogens is 210 g/mol. The molecule has 0 saturated heterocycles. The Morgan fingerprint density at radius 1 is 1.44 bits per heavy atom. The van der Waals surface area contributed by atoms with Gasteiger partial charge in [0.05, 0.1) is 13.2 Å². The van der Waals surface area contributed by atoms with Crippen LogP contribution in [-0.2, 0) is 0 Å². The molecule has 7 nitrogen and oxygen atoms in total. The Morgan fingerprint density at radius 3 is 2.62 bits per heavy atom. The minimum atomic E-state index is -0.453. The van der Waals surface area contributed by atoms with E-state index in [2.05, 4.69) is 20.3 Å². The first-order chi connectivity index (χ1) is 7.56. The average Bonchev–Trinajstić information content (AvgIpc) is 2.27. The molecule has 0 aliphatic heterocycles. The quantitative estimate of drug-likeness (QED) is 0.717. The molecule has 2 N–H and O–H groups in total. The summed E-state index contributed by atoms with van der Waals surface area (Å²) >= 11 is 0. The van der Waals surface area contributed by atoms with E-state index in [4.69, 9.17) is 4.74 Å². The summed E-state index contributed by atoms with van der Waals surface area (Å²) in [6, 6.07) is 0.242. The van der Waals surface area contributed by atoms with Gasteiger partial charge in [-0.3, -0.25) is 0 Å². The van der Waals surface area contributed by atoms with Crippen LogP contribution in [0.4, 0.5) is 11.9 Å². The highest BCUT2D eigenvalue weighted by Crippen LogP contribution is 2.13. The van der Waals surface area contributed by atoms with Crippen LogP contribution in [0.25, 0.3) is 0 Å². The van der Waals surface area contributed by atoms with Gasteiger partial charge in [-0.15, -0.1) is 0 Å². The number of ether oxygens (including phenoxy) is 1. The van der Waals surface area contributed by atoms with Gasteiger partial charge >= 0.3 is 6.01 Å². The van der Waals surface area contributed by atoms with Crippen molar-refractivity contribution in [3.05, 3.63) is 0 Å². The van der Waals surface area contributed by atoms with Gasteiger partial charge in [-0.25, -0.2) is 0 Å². The van der Waals surface area contributed by atoms with Crippen molar-refractivity contribution in [2.75, 3.05) is 38.0 Å². The van der Waals surface area contributed by atoms with Crippen molar-refractivity contribution in [3.8, 4) is 6.01 Å². The smallest absolute Gasteiger partial charge is 0.322 e. The number of likely N-dealkylation sites (N-methyl/N-ethyl adjacent to an activating group) is 1. The molecule has 0 radical (unpaired) electrons. The second-order valence-electron chi connectivity index (χ2n) is 3.43. The topological polar surface area (TPSA) is 83.4 Å². The molecule has 0 saturated carbocycles. The third-order valence-corrected chi connectivity index (χ3v) is 1.89. The van der Waals surface area contributed by atoms with Crippen molar-refractivity contribution in [1.29, 1.82) is 0 Å². The first kappa shape index (κ1) is 12.4. The van der Waals surface area contributed by atoms with Gasteiger partial charge < -0.3 is 20.1 Å². The summed E-state index contributed by atoms with van der Waals surface area (Å²) in [4.78, 5) is 14.0. The Bertz CT molecular complexity index is 322. The molecule has 0 aliphatic carbocycles. The fourth-order valence-corrected chi connectivity index (χ4v) is 1.20. The summed E-state index contributed by atoms with van der Waals surface area (Å²) in [5.74, 6) is 0.886. The highest BCUT2D eigenvalue weighted by molar-refractivity contribution is 5.37. The number of hydrogen-bond acceptors (Lipinski definition) is 7. The molecular formula is C9H17N5O2. The number of methoxy groups -OCH3 is 1. The number of aliphatic hydroxyl groups excluding tert-OH is 1. The molecule has 1 rings (SSSR count). The highest BCUT2D eigenvalue weighted by atomic mass is 16.5. The Morgan fingerprint density at radius 2 is 2.12 bits per heavy atom. The molecule has 1 heterocycles. The molecule has 0 spiro atoms. The van der Waals surface area contributed by atoms with Crippen LogP contribution in [0.3, 0.4) is 0 Å². The van der Waals surface area contributed by atoms with Gasteiger partial charge in [0.2, 0.25) is 11.9 Å². The summed E-state index contributed by atoms with van der Waals surface area (Å²) < 4.78 is 4.96. The van der Waals surface area contributed by atoms with E-state index < -0.39 is 6.10 Å². The number of aliphatic hydroxyl groups is 1. The summed E-state index contributed by atoms with van der Waals surface area (Å²) in [5.41, 5.74) is 0. The van der Waals surface area contributed by atoms with Crippen LogP contribution in [-0.4, -0.2) is 53.9 Å². The number of aromatic nitrogens is 3. The van der Waals surface area contributed by atoms with Crippen LogP contribution in [0.5, 0.6) is 6.01 Å². The molecule has 7 heteroatoms. The van der Waals surface area contributed by atoms with Gasteiger partial charge in [-0.05, 0) is 6.92 Å². The Hall–Kier alpha value is -1.63. The monoisotopic (exact) mass is 227 g/mol. The second kappa shape index (κ2) is 5.45. The molecule has 16 heavy (non-hydrogen) atoms. The lowest BCUT2D eigenvalue weighted by Gasteiger charge is -2.19. The van der Waals surface area contributed by atoms with Crippen LogP contribution < -0.4 is 15.0 Å². The standard InChI is InChI=1S/C9H17N5O2/c1-6(15)5-14(3)8-11-7(10-2)12-9(13-8)16-4/h6,15H,5H2,1-4H3,(H,10,11,12,13). The van der Waals surface area contributed by atoms with Gasteiger partial charge in [-0.2, -0.15) is 15.0 Å². The minimum absolute atomic E-state index is 0.242. The maximum atomic E-state index is 9.28. The van der Waals surface area contributed by atoms with Gasteiger partial charge in [0, 0.05) is 20.6 Å². The number of nitrogens with zero attached hydrogens (tertiary/aromatic N) is 4. The predicted octanol–water partition coefficient (Wildman–Crippen LogP) is -0.261. The van der Waals surface area contributed by atoms with E-state index >= 15 is 0 Å². The van der Waals surface area contributed by atoms with Crippen molar-refractivity contribution < 1.29 is 9.84 Å². The summed E-state index contributed by atoms with van der Waals surface area (Å²) in [6.45, 7) is 2.14. The lowest BCUT2D eigenvalue weighted by Crippen LogP contribution is -2.28. The summed E-state index contributed by atoms with van der Waals surface area (Å²) in [5, 5.41) is 12.1. The minimum Gasteiger partial charge on any atom is -0.467 e. The van der Waals surface area contributed by atoms with Gasteiger partial charge in [0.1, 0.15) is 0 Å². The maximum absolute atomic E-state index is 9.28. The second-order valence-corrected chi connectivity index (χ2v) is 3.43. The molecule has 0 aromatic carbocycles. The zero-order chi connectivity index (χ0) is 12.1. The van der Waals surface area contributed by atoms with Crippen molar-refractivity contribution >= 4 is 11.9 Å². The third-order valence-electron chi connectivity index (χ3n) is 1.89. The van der Waals surface area contributed by atoms with Crippen LogP contribution in [0.15, 0.2) is 0 Å². The normalized spacial score (nSPS) is 12.1. The van der Waals surface area contributed by atoms with Crippen LogP contribution >= 0.6 is 0 Å². The molecule has 0 bridgehead atoms. The van der Waals surface area contributed by atoms with Crippen molar-refractivity contribution in [3.63, 3.8) is 0 Å². The van der Waals surface area contributed by atoms with Crippen molar-refractivity contribution in [1.82, 2.24) is 15.0 Å². The van der Waals surface area contributed by atoms with Crippen LogP contribution in [0.2, 0.25) is 0 Å². The molecule has 90 valence electrons. The van der Waals surface area contributed by atoms with E-state index in [1.54, 1.807) is 25.9 Å². The molecule has 0 fully saturated rings. The number of anilines is 2. The molecule has 0 amide bonds. The molecule has 1 aromatic rings. The lowest BCUT2D eigenvalue weighted by molar-refractivity contribution is 0.201. The van der Waals surface area contributed by atoms with E-state index in [-0.39, 0.29) is 6.01 Å². The Balaban J connectivity index is 2.93. The third kappa shape index (κ3) is 3.20. The SMILES string of the molecule is CNc1nc(OC)nc(N(C)CC(C)O)n1. The van der Waals surface area contributed by atoms with E-state index in [9.17, 15) is 5.11 Å². The average molecular weight is 227 g/mol. The molecule has 1 atom stereocenters. The Labute approximate surface area is 94.5 Å². The van der Waals surface area contributed by atoms with Gasteiger partial charge in [0.25, 0.3) is 0 Å². The molecule has 0 aliphatic rings. The number of nitrogens with one attached hydrogen (secondary N) is 1. The van der Waals surface area contributed by atoms with Crippen molar-refractivity contribution in [2.24, 2.45) is 0 Å². The maximum Gasteiger partial charge on any atom is 0.322 e. The lowest BCUT2D eigenvalue weighted by atomic mass is 10.4. The Kier molecular flexibility index (Phi) is 4.24. The van der Waals surface area contributed by atoms with Gasteiger partial charge in [-0.1, -0.05) is 0 Å². The summed E-state index contributed by atoms with van der Waals surface area (Å²) in [6.07, 6.45) is -0.453. The first-order valence-electron chi connectivity index (χ1n) is 4.93. The fraction of sp³-hybridized carbons (Fsp3) is 0.667. The first-order valence-corrected chi connectivity index (χ1v) is 4.93. The predicted molar refractivity (Wildman–Crippen MR) is 60.9 cm³/mol. The highest BCUT2D eigenvalue weighted by Gasteiger charge is 2.11. The largest absolute Gasteiger partial charge is 0.467 e. The van der Waals surface area contributed by atoms with E-state index in [1.165, 1.54) is 7.11 Å². The molecule has 1 unspecified atom stereocenters.